The predicted molar refractivity (Wildman–Crippen MR) is 122 cm³/mol. The number of rotatable bonds is 7. The molecule has 7 nitrogen and oxygen atoms in total. The van der Waals surface area contributed by atoms with Crippen molar-refractivity contribution >= 4 is 18.0 Å². The molecule has 188 valence electrons. The van der Waals surface area contributed by atoms with Crippen molar-refractivity contribution in [1.29, 1.82) is 0 Å². The van der Waals surface area contributed by atoms with Crippen LogP contribution in [0.25, 0.3) is 11.1 Å². The van der Waals surface area contributed by atoms with Crippen LogP contribution in [0.5, 0.6) is 0 Å². The molecular formula is C25H27F3N2O5. The molecule has 0 heterocycles. The number of carbonyl (C=O) groups excluding carboxylic acids is 2. The number of aliphatic carboxylic acids is 1. The summed E-state index contributed by atoms with van der Waals surface area (Å²) < 4.78 is 45.8. The number of benzene rings is 2. The number of hydrogen-bond acceptors (Lipinski definition) is 4. The third kappa shape index (κ3) is 6.12. The van der Waals surface area contributed by atoms with Gasteiger partial charge in [-0.05, 0) is 27.7 Å². The maximum atomic E-state index is 13.5. The van der Waals surface area contributed by atoms with E-state index in [1.807, 2.05) is 48.5 Å². The van der Waals surface area contributed by atoms with E-state index < -0.39 is 48.1 Å². The first-order valence-corrected chi connectivity index (χ1v) is 11.0. The molecule has 2 aromatic carbocycles. The number of nitrogens with one attached hydrogen (secondary N) is 2. The van der Waals surface area contributed by atoms with Crippen LogP contribution >= 0.6 is 0 Å². The Kier molecular flexibility index (Phi) is 7.42. The molecule has 2 atom stereocenters. The number of fused-ring (bicyclic) bond motifs is 3. The number of carboxylic acid groups (broad SMARTS) is 1. The monoisotopic (exact) mass is 492 g/mol. The number of carbonyl (C=O) groups is 3. The van der Waals surface area contributed by atoms with Gasteiger partial charge in [-0.1, -0.05) is 69.3 Å². The normalized spacial score (nSPS) is 14.9. The second-order valence-electron chi connectivity index (χ2n) is 9.47. The number of ether oxygens (including phenoxy) is 1. The zero-order chi connectivity index (χ0) is 26.0. The fraction of sp³-hybridized carbons (Fsp3) is 0.400. The summed E-state index contributed by atoms with van der Waals surface area (Å²) in [4.78, 5) is 35.9. The average molecular weight is 492 g/mol. The van der Waals surface area contributed by atoms with E-state index in [9.17, 15) is 32.7 Å². The van der Waals surface area contributed by atoms with Crippen LogP contribution in [0.3, 0.4) is 0 Å². The van der Waals surface area contributed by atoms with Crippen molar-refractivity contribution in [3.63, 3.8) is 0 Å². The van der Waals surface area contributed by atoms with E-state index in [2.05, 4.69) is 5.32 Å². The highest BCUT2D eigenvalue weighted by molar-refractivity contribution is 5.85. The fourth-order valence-electron chi connectivity index (χ4n) is 4.08. The maximum Gasteiger partial charge on any atom is 0.409 e. The van der Waals surface area contributed by atoms with E-state index in [1.54, 1.807) is 5.32 Å². The van der Waals surface area contributed by atoms with Crippen LogP contribution in [0.15, 0.2) is 48.5 Å². The molecule has 3 rings (SSSR count). The molecule has 1 aliphatic carbocycles. The molecule has 2 aromatic rings. The minimum Gasteiger partial charge on any atom is -0.480 e. The number of amides is 2. The molecule has 0 fully saturated rings. The molecule has 0 saturated carbocycles. The fourth-order valence-corrected chi connectivity index (χ4v) is 4.08. The number of halogens is 3. The number of alkyl halides is 3. The van der Waals surface area contributed by atoms with Crippen molar-refractivity contribution in [2.45, 2.75) is 51.4 Å². The molecule has 1 unspecified atom stereocenters. The number of hydrogen-bond donors (Lipinski definition) is 3. The van der Waals surface area contributed by atoms with Crippen LogP contribution < -0.4 is 10.6 Å². The maximum absolute atomic E-state index is 13.5. The van der Waals surface area contributed by atoms with E-state index in [4.69, 9.17) is 4.74 Å². The quantitative estimate of drug-likeness (QED) is 0.529. The van der Waals surface area contributed by atoms with Crippen LogP contribution in [0.2, 0.25) is 0 Å². The summed E-state index contributed by atoms with van der Waals surface area (Å²) >= 11 is 0. The van der Waals surface area contributed by atoms with Gasteiger partial charge in [0.05, 0.1) is 6.42 Å². The number of alkyl carbamates (subject to hydrolysis) is 1. The predicted octanol–water partition coefficient (Wildman–Crippen LogP) is 4.46. The van der Waals surface area contributed by atoms with Gasteiger partial charge < -0.3 is 20.5 Å². The van der Waals surface area contributed by atoms with Crippen molar-refractivity contribution < 1.29 is 37.4 Å². The third-order valence-corrected chi connectivity index (χ3v) is 5.84. The summed E-state index contributed by atoms with van der Waals surface area (Å²) in [6, 6.07) is 11.1. The minimum absolute atomic E-state index is 0.193. The standard InChI is InChI=1S/C25H27F3N2O5/c1-24(2,3)21(22(32)33)30-20(31)12-19(25(26,27)28)29-23(34)35-13-18-16-10-6-4-8-14(16)15-9-5-7-11-17(15)18/h4-11,18-19,21H,12-13H2,1-3H3,(H,29,34)(H,30,31)(H,32,33)/t19?,21-/m0/s1. The Bertz CT molecular complexity index is 1070. The van der Waals surface area contributed by atoms with Gasteiger partial charge in [-0.25, -0.2) is 9.59 Å². The summed E-state index contributed by atoms with van der Waals surface area (Å²) in [5.74, 6) is -2.88. The van der Waals surface area contributed by atoms with E-state index in [0.717, 1.165) is 22.3 Å². The lowest BCUT2D eigenvalue weighted by Gasteiger charge is -2.29. The molecule has 0 radical (unpaired) electrons. The Labute approximate surface area is 200 Å². The largest absolute Gasteiger partial charge is 0.480 e. The van der Waals surface area contributed by atoms with E-state index >= 15 is 0 Å². The molecule has 0 aromatic heterocycles. The summed E-state index contributed by atoms with van der Waals surface area (Å²) in [6.45, 7) is 4.40. The van der Waals surface area contributed by atoms with Crippen LogP contribution in [-0.2, 0) is 14.3 Å². The zero-order valence-electron chi connectivity index (χ0n) is 19.5. The van der Waals surface area contributed by atoms with Gasteiger partial charge in [0.15, 0.2) is 0 Å². The van der Waals surface area contributed by atoms with Crippen LogP contribution in [0.4, 0.5) is 18.0 Å². The van der Waals surface area contributed by atoms with Crippen molar-refractivity contribution in [2.75, 3.05) is 6.61 Å². The zero-order valence-corrected chi connectivity index (χ0v) is 19.5. The van der Waals surface area contributed by atoms with Gasteiger partial charge in [-0.15, -0.1) is 0 Å². The Morgan fingerprint density at radius 3 is 1.91 bits per heavy atom. The molecule has 0 aliphatic heterocycles. The van der Waals surface area contributed by atoms with Crippen molar-refractivity contribution in [2.24, 2.45) is 5.41 Å². The lowest BCUT2D eigenvalue weighted by molar-refractivity contribution is -0.161. The Hall–Kier alpha value is -3.56. The molecule has 0 saturated heterocycles. The van der Waals surface area contributed by atoms with Crippen LogP contribution in [-0.4, -0.2) is 47.9 Å². The highest BCUT2D eigenvalue weighted by Crippen LogP contribution is 2.44. The first-order valence-electron chi connectivity index (χ1n) is 11.0. The van der Waals surface area contributed by atoms with Gasteiger partial charge in [0.25, 0.3) is 0 Å². The Morgan fingerprint density at radius 1 is 0.943 bits per heavy atom. The molecule has 0 bridgehead atoms. The van der Waals surface area contributed by atoms with E-state index in [1.165, 1.54) is 20.8 Å². The smallest absolute Gasteiger partial charge is 0.409 e. The summed E-state index contributed by atoms with van der Waals surface area (Å²) in [6.07, 6.45) is -7.47. The lowest BCUT2D eigenvalue weighted by atomic mass is 9.86. The Morgan fingerprint density at radius 2 is 1.46 bits per heavy atom. The summed E-state index contributed by atoms with van der Waals surface area (Å²) in [5, 5.41) is 13.1. The third-order valence-electron chi connectivity index (χ3n) is 5.84. The van der Waals surface area contributed by atoms with Crippen LogP contribution in [0, 0.1) is 5.41 Å². The molecule has 3 N–H and O–H groups in total. The van der Waals surface area contributed by atoms with Crippen LogP contribution in [0.1, 0.15) is 44.2 Å². The second kappa shape index (κ2) is 9.97. The van der Waals surface area contributed by atoms with Gasteiger partial charge in [0.2, 0.25) is 5.91 Å². The minimum atomic E-state index is -4.95. The van der Waals surface area contributed by atoms with Gasteiger partial charge in [-0.2, -0.15) is 13.2 Å². The van der Waals surface area contributed by atoms with Gasteiger partial charge in [0.1, 0.15) is 18.7 Å². The van der Waals surface area contributed by atoms with Crippen molar-refractivity contribution in [3.8, 4) is 11.1 Å². The van der Waals surface area contributed by atoms with E-state index in [0.29, 0.717) is 0 Å². The Balaban J connectivity index is 1.66. The van der Waals surface area contributed by atoms with Gasteiger partial charge in [0, 0.05) is 5.92 Å². The highest BCUT2D eigenvalue weighted by Gasteiger charge is 2.43. The lowest BCUT2D eigenvalue weighted by Crippen LogP contribution is -2.53. The van der Waals surface area contributed by atoms with Gasteiger partial charge in [-0.3, -0.25) is 4.79 Å². The molecule has 10 heteroatoms. The topological polar surface area (TPSA) is 105 Å². The molecule has 35 heavy (non-hydrogen) atoms. The highest BCUT2D eigenvalue weighted by atomic mass is 19.4. The van der Waals surface area contributed by atoms with Crippen molar-refractivity contribution in [3.05, 3.63) is 59.7 Å². The van der Waals surface area contributed by atoms with Gasteiger partial charge >= 0.3 is 18.2 Å². The summed E-state index contributed by atoms with van der Waals surface area (Å²) in [5.41, 5.74) is 2.79. The van der Waals surface area contributed by atoms with Crippen molar-refractivity contribution in [1.82, 2.24) is 10.6 Å². The SMILES string of the molecule is CC(C)(C)[C@@H](NC(=O)CC(NC(=O)OCC1c2ccccc2-c2ccccc21)C(F)(F)F)C(=O)O. The molecule has 2 amide bonds. The number of carboxylic acids is 1. The summed E-state index contributed by atoms with van der Waals surface area (Å²) in [7, 11) is 0. The average Bonchev–Trinajstić information content (AvgIpc) is 3.08. The first kappa shape index (κ1) is 26.1. The molecule has 0 spiro atoms. The second-order valence-corrected chi connectivity index (χ2v) is 9.47. The van der Waals surface area contributed by atoms with E-state index in [-0.39, 0.29) is 12.5 Å². The molecular weight excluding hydrogens is 465 g/mol. The first-order chi connectivity index (χ1) is 16.3. The molecule has 1 aliphatic rings.